The summed E-state index contributed by atoms with van der Waals surface area (Å²) in [5.41, 5.74) is 4.86. The maximum atomic E-state index is 5.06. The summed E-state index contributed by atoms with van der Waals surface area (Å²) in [6, 6.07) is 0.573. The summed E-state index contributed by atoms with van der Waals surface area (Å²) in [6.07, 6.45) is 22.1. The zero-order valence-corrected chi connectivity index (χ0v) is 18.0. The first kappa shape index (κ1) is 21.5. The minimum absolute atomic E-state index is 0.573. The fourth-order valence-electron chi connectivity index (χ4n) is 4.93. The van der Waals surface area contributed by atoms with E-state index in [1.165, 1.54) is 82.6 Å². The molecule has 1 heteroatoms. The van der Waals surface area contributed by atoms with Crippen molar-refractivity contribution in [1.29, 1.82) is 0 Å². The molecule has 0 aromatic rings. The van der Waals surface area contributed by atoms with Crippen LogP contribution in [0, 0.1) is 11.8 Å². The molecule has 2 aliphatic carbocycles. The van der Waals surface area contributed by atoms with E-state index < -0.39 is 0 Å². The third kappa shape index (κ3) is 6.71. The molecule has 0 N–H and O–H groups in total. The molecule has 1 nitrogen and oxygen atoms in total. The van der Waals surface area contributed by atoms with Crippen molar-refractivity contribution in [2.24, 2.45) is 16.8 Å². The van der Waals surface area contributed by atoms with E-state index in [1.54, 1.807) is 11.1 Å². The summed E-state index contributed by atoms with van der Waals surface area (Å²) < 4.78 is 0. The van der Waals surface area contributed by atoms with E-state index in [0.717, 1.165) is 12.3 Å². The van der Waals surface area contributed by atoms with Gasteiger partial charge in [0, 0.05) is 12.3 Å². The summed E-state index contributed by atoms with van der Waals surface area (Å²) in [5.74, 6) is 1.53. The predicted molar refractivity (Wildman–Crippen MR) is 117 cm³/mol. The Hall–Kier alpha value is -0.850. The van der Waals surface area contributed by atoms with Crippen LogP contribution in [-0.2, 0) is 0 Å². The Labute approximate surface area is 163 Å². The molecular formula is C25H43N. The second-order valence-corrected chi connectivity index (χ2v) is 8.93. The van der Waals surface area contributed by atoms with Gasteiger partial charge in [-0.3, -0.25) is 4.99 Å². The Morgan fingerprint density at radius 2 is 1.54 bits per heavy atom. The number of hydrogen-bond donors (Lipinski definition) is 0. The Kier molecular flexibility index (Phi) is 9.72. The average Bonchev–Trinajstić information content (AvgIpc) is 2.66. The van der Waals surface area contributed by atoms with Gasteiger partial charge in [-0.25, -0.2) is 0 Å². The molecule has 0 aliphatic heterocycles. The molecule has 0 spiro atoms. The van der Waals surface area contributed by atoms with Crippen molar-refractivity contribution in [3.8, 4) is 0 Å². The highest BCUT2D eigenvalue weighted by molar-refractivity contribution is 5.85. The van der Waals surface area contributed by atoms with E-state index in [1.807, 2.05) is 0 Å². The third-order valence-electron chi connectivity index (χ3n) is 6.25. The first-order valence-electron chi connectivity index (χ1n) is 11.6. The third-order valence-corrected chi connectivity index (χ3v) is 6.25. The van der Waals surface area contributed by atoms with Gasteiger partial charge in [0.25, 0.3) is 0 Å². The smallest absolute Gasteiger partial charge is 0.0499 e. The monoisotopic (exact) mass is 357 g/mol. The molecular weight excluding hydrogens is 314 g/mol. The maximum Gasteiger partial charge on any atom is 0.0499 e. The largest absolute Gasteiger partial charge is 0.289 e. The molecule has 0 amide bonds. The van der Waals surface area contributed by atoms with Crippen LogP contribution in [0.3, 0.4) is 0 Å². The van der Waals surface area contributed by atoms with Gasteiger partial charge in [-0.15, -0.1) is 0 Å². The van der Waals surface area contributed by atoms with Crippen LogP contribution >= 0.6 is 0 Å². The molecule has 0 unspecified atom stereocenters. The molecule has 2 aliphatic rings. The Morgan fingerprint density at radius 3 is 2.08 bits per heavy atom. The zero-order chi connectivity index (χ0) is 18.8. The number of hydrogen-bond acceptors (Lipinski definition) is 1. The predicted octanol–water partition coefficient (Wildman–Crippen LogP) is 8.06. The topological polar surface area (TPSA) is 12.4 Å². The number of nitrogens with zero attached hydrogens (tertiary/aromatic N) is 1. The molecule has 0 saturated heterocycles. The maximum absolute atomic E-state index is 5.06. The highest BCUT2D eigenvalue weighted by Crippen LogP contribution is 2.37. The van der Waals surface area contributed by atoms with Crippen LogP contribution in [-0.4, -0.2) is 12.3 Å². The van der Waals surface area contributed by atoms with E-state index in [9.17, 15) is 0 Å². The van der Waals surface area contributed by atoms with Gasteiger partial charge in [-0.05, 0) is 67.9 Å². The molecule has 2 rings (SSSR count). The second-order valence-electron chi connectivity index (χ2n) is 8.93. The van der Waals surface area contributed by atoms with Crippen LogP contribution in [0.5, 0.6) is 0 Å². The van der Waals surface area contributed by atoms with E-state index in [2.05, 4.69) is 40.0 Å². The van der Waals surface area contributed by atoms with Gasteiger partial charge in [0.1, 0.15) is 0 Å². The summed E-state index contributed by atoms with van der Waals surface area (Å²) >= 11 is 0. The van der Waals surface area contributed by atoms with Crippen LogP contribution in [0.1, 0.15) is 111 Å². The summed E-state index contributed by atoms with van der Waals surface area (Å²) in [7, 11) is 0. The van der Waals surface area contributed by atoms with Gasteiger partial charge < -0.3 is 0 Å². The van der Waals surface area contributed by atoms with Gasteiger partial charge in [0.2, 0.25) is 0 Å². The SMILES string of the molecule is CC/C=C(C=NC1CCCCC1)\C(CC(C)C)=C(/CC)C1CCCCC1. The summed E-state index contributed by atoms with van der Waals surface area (Å²) in [5, 5.41) is 0. The van der Waals surface area contributed by atoms with Gasteiger partial charge in [0.15, 0.2) is 0 Å². The van der Waals surface area contributed by atoms with Crippen molar-refractivity contribution in [2.45, 2.75) is 117 Å². The number of rotatable bonds is 8. The fraction of sp³-hybridized carbons (Fsp3) is 0.800. The first-order chi connectivity index (χ1) is 12.7. The molecule has 148 valence electrons. The highest BCUT2D eigenvalue weighted by atomic mass is 14.8. The number of allylic oxidation sites excluding steroid dienone is 4. The molecule has 0 bridgehead atoms. The Bertz CT molecular complexity index is 482. The van der Waals surface area contributed by atoms with Gasteiger partial charge in [0.05, 0.1) is 0 Å². The fourth-order valence-corrected chi connectivity index (χ4v) is 4.93. The molecule has 0 aromatic carbocycles. The number of aliphatic imine (C=N–C) groups is 1. The van der Waals surface area contributed by atoms with Gasteiger partial charge in [-0.2, -0.15) is 0 Å². The van der Waals surface area contributed by atoms with Crippen LogP contribution < -0.4 is 0 Å². The van der Waals surface area contributed by atoms with Crippen LogP contribution in [0.2, 0.25) is 0 Å². The van der Waals surface area contributed by atoms with Crippen molar-refractivity contribution in [1.82, 2.24) is 0 Å². The van der Waals surface area contributed by atoms with E-state index >= 15 is 0 Å². The van der Waals surface area contributed by atoms with Gasteiger partial charge >= 0.3 is 0 Å². The lowest BCUT2D eigenvalue weighted by Crippen LogP contribution is -2.14. The van der Waals surface area contributed by atoms with Crippen molar-refractivity contribution in [3.05, 3.63) is 22.8 Å². The summed E-state index contributed by atoms with van der Waals surface area (Å²) in [6.45, 7) is 9.39. The van der Waals surface area contributed by atoms with Crippen LogP contribution in [0.15, 0.2) is 27.8 Å². The second kappa shape index (κ2) is 11.8. The molecule has 2 saturated carbocycles. The Balaban J connectivity index is 2.30. The van der Waals surface area contributed by atoms with Crippen molar-refractivity contribution in [3.63, 3.8) is 0 Å². The van der Waals surface area contributed by atoms with Gasteiger partial charge in [-0.1, -0.05) is 77.9 Å². The molecule has 0 heterocycles. The average molecular weight is 358 g/mol. The Morgan fingerprint density at radius 1 is 0.923 bits per heavy atom. The van der Waals surface area contributed by atoms with E-state index in [4.69, 9.17) is 4.99 Å². The summed E-state index contributed by atoms with van der Waals surface area (Å²) in [4.78, 5) is 5.06. The quantitative estimate of drug-likeness (QED) is 0.308. The van der Waals surface area contributed by atoms with Crippen LogP contribution in [0.4, 0.5) is 0 Å². The molecule has 2 fully saturated rings. The van der Waals surface area contributed by atoms with E-state index in [-0.39, 0.29) is 0 Å². The molecule has 0 aromatic heterocycles. The van der Waals surface area contributed by atoms with Crippen LogP contribution in [0.25, 0.3) is 0 Å². The van der Waals surface area contributed by atoms with Crippen molar-refractivity contribution >= 4 is 6.21 Å². The highest BCUT2D eigenvalue weighted by Gasteiger charge is 2.22. The van der Waals surface area contributed by atoms with Crippen molar-refractivity contribution in [2.75, 3.05) is 0 Å². The lowest BCUT2D eigenvalue weighted by Gasteiger charge is -2.28. The van der Waals surface area contributed by atoms with E-state index in [0.29, 0.717) is 12.0 Å². The minimum Gasteiger partial charge on any atom is -0.289 e. The lowest BCUT2D eigenvalue weighted by molar-refractivity contribution is 0.393. The lowest BCUT2D eigenvalue weighted by atomic mass is 9.77. The normalized spacial score (nSPS) is 22.3. The molecule has 26 heavy (non-hydrogen) atoms. The van der Waals surface area contributed by atoms with Crippen molar-refractivity contribution < 1.29 is 0 Å². The minimum atomic E-state index is 0.573. The molecule has 0 radical (unpaired) electrons. The zero-order valence-electron chi connectivity index (χ0n) is 18.0. The molecule has 0 atom stereocenters. The standard InChI is InChI=1S/C25H43N/c1-5-13-22(19-26-23-16-11-8-12-17-23)25(18-20(3)4)24(6-2)21-14-9-7-10-15-21/h13,19-21,23H,5-12,14-18H2,1-4H3/b22-13-,25-24+,26-19?. The first-order valence-corrected chi connectivity index (χ1v) is 11.6.